The first-order chi connectivity index (χ1) is 9.86. The second kappa shape index (κ2) is 7.38. The molecule has 3 N–H and O–H groups in total. The topological polar surface area (TPSA) is 59.6 Å². The second-order valence-electron chi connectivity index (χ2n) is 5.19. The number of rotatable bonds is 4. The van der Waals surface area contributed by atoms with E-state index in [0.29, 0.717) is 17.9 Å². The predicted octanol–water partition coefficient (Wildman–Crippen LogP) is 3.77. The molecule has 1 saturated carbocycles. The van der Waals surface area contributed by atoms with Gasteiger partial charge in [0.2, 0.25) is 0 Å². The van der Waals surface area contributed by atoms with E-state index in [1.807, 2.05) is 0 Å². The van der Waals surface area contributed by atoms with Gasteiger partial charge in [-0.15, -0.1) is 24.0 Å². The van der Waals surface area contributed by atoms with Gasteiger partial charge >= 0.3 is 6.18 Å². The maximum absolute atomic E-state index is 13.0. The van der Waals surface area contributed by atoms with E-state index in [9.17, 15) is 13.2 Å². The number of ether oxygens (including phenoxy) is 1. The van der Waals surface area contributed by atoms with Gasteiger partial charge in [-0.1, -0.05) is 6.42 Å². The number of hydrogen-bond acceptors (Lipinski definition) is 2. The maximum atomic E-state index is 13.0. The molecule has 0 saturated heterocycles. The Hall–Kier alpha value is -1.19. The van der Waals surface area contributed by atoms with Crippen LogP contribution >= 0.6 is 24.0 Å². The predicted molar refractivity (Wildman–Crippen MR) is 90.9 cm³/mol. The molecule has 0 bridgehead atoms. The molecule has 0 amide bonds. The monoisotopic (exact) mass is 429 g/mol. The van der Waals surface area contributed by atoms with Crippen LogP contribution in [0.15, 0.2) is 29.3 Å². The summed E-state index contributed by atoms with van der Waals surface area (Å²) in [7, 11) is 1.55. The van der Waals surface area contributed by atoms with Crippen molar-refractivity contribution in [3.63, 3.8) is 0 Å². The highest BCUT2D eigenvalue weighted by Crippen LogP contribution is 2.53. The number of nitrogens with two attached hydrogens (primary N) is 1. The number of hydrogen-bond donors (Lipinski definition) is 2. The van der Waals surface area contributed by atoms with E-state index in [1.54, 1.807) is 31.4 Å². The van der Waals surface area contributed by atoms with Crippen LogP contribution in [0.4, 0.5) is 18.9 Å². The average Bonchev–Trinajstić information content (AvgIpc) is 2.36. The van der Waals surface area contributed by atoms with E-state index in [1.165, 1.54) is 0 Å². The standard InChI is InChI=1S/C14H18F3N3O.HI/c1-21-11-5-3-10(4-6-11)20-12(18)19-9-13(7-2-8-13)14(15,16)17;/h3-6H,2,7-9H2,1H3,(H3,18,19,20);1H. The molecule has 0 aromatic heterocycles. The van der Waals surface area contributed by atoms with E-state index in [4.69, 9.17) is 10.5 Å². The molecule has 1 aliphatic carbocycles. The SMILES string of the molecule is COc1ccc(NC(N)=NCC2(C(F)(F)F)CCC2)cc1.I. The fraction of sp³-hybridized carbons (Fsp3) is 0.500. The summed E-state index contributed by atoms with van der Waals surface area (Å²) < 4.78 is 43.9. The third-order valence-corrected chi connectivity index (χ3v) is 3.83. The van der Waals surface area contributed by atoms with Gasteiger partial charge in [-0.2, -0.15) is 13.2 Å². The van der Waals surface area contributed by atoms with Gasteiger partial charge in [-0.25, -0.2) is 0 Å². The van der Waals surface area contributed by atoms with Crippen LogP contribution in [0, 0.1) is 5.41 Å². The molecule has 0 radical (unpaired) electrons. The fourth-order valence-electron chi connectivity index (χ4n) is 2.23. The Morgan fingerprint density at radius 1 is 1.32 bits per heavy atom. The molecule has 1 aliphatic rings. The minimum absolute atomic E-state index is 0. The van der Waals surface area contributed by atoms with E-state index >= 15 is 0 Å². The molecular weight excluding hydrogens is 410 g/mol. The second-order valence-corrected chi connectivity index (χ2v) is 5.19. The molecule has 1 aromatic rings. The van der Waals surface area contributed by atoms with Crippen LogP contribution in [-0.2, 0) is 0 Å². The highest BCUT2D eigenvalue weighted by molar-refractivity contribution is 14.0. The van der Waals surface area contributed by atoms with Crippen LogP contribution in [0.3, 0.4) is 0 Å². The van der Waals surface area contributed by atoms with Gasteiger partial charge in [0.25, 0.3) is 0 Å². The lowest BCUT2D eigenvalue weighted by atomic mass is 9.68. The number of nitrogens with one attached hydrogen (secondary N) is 1. The van der Waals surface area contributed by atoms with Gasteiger partial charge in [0.1, 0.15) is 5.75 Å². The molecule has 8 heteroatoms. The molecular formula is C14H19F3IN3O. The van der Waals surface area contributed by atoms with Crippen molar-refractivity contribution in [2.45, 2.75) is 25.4 Å². The Bertz CT molecular complexity index is 513. The highest BCUT2D eigenvalue weighted by atomic mass is 127. The summed E-state index contributed by atoms with van der Waals surface area (Å²) in [6.45, 7) is -0.328. The van der Waals surface area contributed by atoms with Crippen LogP contribution in [0.1, 0.15) is 19.3 Å². The maximum Gasteiger partial charge on any atom is 0.396 e. The van der Waals surface area contributed by atoms with E-state index in [2.05, 4.69) is 10.3 Å². The molecule has 0 spiro atoms. The van der Waals surface area contributed by atoms with Crippen molar-refractivity contribution in [1.82, 2.24) is 0 Å². The molecule has 0 unspecified atom stereocenters. The molecule has 2 rings (SSSR count). The molecule has 1 fully saturated rings. The lowest BCUT2D eigenvalue weighted by Crippen LogP contribution is -2.46. The van der Waals surface area contributed by atoms with Crippen molar-refractivity contribution in [3.05, 3.63) is 24.3 Å². The van der Waals surface area contributed by atoms with Gasteiger partial charge in [0.05, 0.1) is 19.1 Å². The van der Waals surface area contributed by atoms with Crippen LogP contribution in [-0.4, -0.2) is 25.8 Å². The lowest BCUT2D eigenvalue weighted by Gasteiger charge is -2.41. The van der Waals surface area contributed by atoms with Gasteiger partial charge in [-0.3, -0.25) is 4.99 Å². The normalized spacial score (nSPS) is 17.2. The lowest BCUT2D eigenvalue weighted by molar-refractivity contribution is -0.245. The number of methoxy groups -OCH3 is 1. The quantitative estimate of drug-likeness (QED) is 0.435. The van der Waals surface area contributed by atoms with Gasteiger partial charge in [0, 0.05) is 5.69 Å². The van der Waals surface area contributed by atoms with E-state index < -0.39 is 11.6 Å². The number of benzene rings is 1. The summed E-state index contributed by atoms with van der Waals surface area (Å²) >= 11 is 0. The number of guanidine groups is 1. The van der Waals surface area contributed by atoms with Gasteiger partial charge in [-0.05, 0) is 37.1 Å². The minimum Gasteiger partial charge on any atom is -0.497 e. The fourth-order valence-corrected chi connectivity index (χ4v) is 2.23. The number of alkyl halides is 3. The Morgan fingerprint density at radius 2 is 1.91 bits per heavy atom. The van der Waals surface area contributed by atoms with Crippen LogP contribution in [0.5, 0.6) is 5.75 Å². The van der Waals surface area contributed by atoms with E-state index in [-0.39, 0.29) is 49.3 Å². The zero-order valence-corrected chi connectivity index (χ0v) is 14.4. The van der Waals surface area contributed by atoms with Crippen molar-refractivity contribution in [2.24, 2.45) is 16.1 Å². The van der Waals surface area contributed by atoms with Crippen molar-refractivity contribution in [1.29, 1.82) is 0 Å². The minimum atomic E-state index is -4.23. The summed E-state index contributed by atoms with van der Waals surface area (Å²) in [5.41, 5.74) is 4.60. The zero-order chi connectivity index (χ0) is 15.5. The molecule has 0 atom stereocenters. The Kier molecular flexibility index (Phi) is 6.33. The number of halogens is 4. The number of anilines is 1. The first-order valence-corrected chi connectivity index (χ1v) is 6.64. The van der Waals surface area contributed by atoms with Crippen molar-refractivity contribution in [2.75, 3.05) is 19.0 Å². The third kappa shape index (κ3) is 4.17. The number of aliphatic imine (C=N–C) groups is 1. The molecule has 0 heterocycles. The molecule has 124 valence electrons. The van der Waals surface area contributed by atoms with E-state index in [0.717, 1.165) is 0 Å². The van der Waals surface area contributed by atoms with Crippen LogP contribution < -0.4 is 15.8 Å². The molecule has 1 aromatic carbocycles. The average molecular weight is 429 g/mol. The summed E-state index contributed by atoms with van der Waals surface area (Å²) in [5, 5.41) is 2.77. The smallest absolute Gasteiger partial charge is 0.396 e. The highest BCUT2D eigenvalue weighted by Gasteiger charge is 2.58. The van der Waals surface area contributed by atoms with Crippen molar-refractivity contribution < 1.29 is 17.9 Å². The molecule has 4 nitrogen and oxygen atoms in total. The summed E-state index contributed by atoms with van der Waals surface area (Å²) in [6, 6.07) is 6.87. The third-order valence-electron chi connectivity index (χ3n) is 3.83. The Morgan fingerprint density at radius 3 is 2.32 bits per heavy atom. The van der Waals surface area contributed by atoms with Crippen LogP contribution in [0.25, 0.3) is 0 Å². The molecule has 0 aliphatic heterocycles. The first-order valence-electron chi connectivity index (χ1n) is 6.64. The Labute approximate surface area is 144 Å². The first kappa shape index (κ1) is 18.9. The summed E-state index contributed by atoms with van der Waals surface area (Å²) in [5.74, 6) is 0.664. The Balaban J connectivity index is 0.00000242. The summed E-state index contributed by atoms with van der Waals surface area (Å²) in [4.78, 5) is 3.85. The summed E-state index contributed by atoms with van der Waals surface area (Å²) in [6.07, 6.45) is -3.40. The zero-order valence-electron chi connectivity index (χ0n) is 12.1. The largest absolute Gasteiger partial charge is 0.497 e. The van der Waals surface area contributed by atoms with Crippen molar-refractivity contribution >= 4 is 35.6 Å². The van der Waals surface area contributed by atoms with Gasteiger partial charge in [0.15, 0.2) is 5.96 Å². The number of nitrogens with zero attached hydrogens (tertiary/aromatic N) is 1. The van der Waals surface area contributed by atoms with Gasteiger partial charge < -0.3 is 15.8 Å². The van der Waals surface area contributed by atoms with Crippen LogP contribution in [0.2, 0.25) is 0 Å². The molecule has 22 heavy (non-hydrogen) atoms. The van der Waals surface area contributed by atoms with Crippen molar-refractivity contribution in [3.8, 4) is 5.75 Å².